The minimum atomic E-state index is -1.31. The molecule has 0 aromatic carbocycles. The molecule has 2 aliphatic heterocycles. The molecule has 2 fully saturated rings. The van der Waals surface area contributed by atoms with Gasteiger partial charge in [-0.1, -0.05) is 11.6 Å². The standard InChI is InChI=1S/C19H23ClN6O3S/c20-13-8-21-15(22-9-13)12-2-6-26(7-3-12)18-23-16(25-19(10-27)4-1-5-19)14-17(24-18)29-11-30(14)28/h8-9,12,27H,1-7,10-11H2,(H,23,24,25). The third-order valence-corrected chi connectivity index (χ3v) is 7.48. The zero-order chi connectivity index (χ0) is 20.7. The number of ether oxygens (including phenoxy) is 1. The minimum Gasteiger partial charge on any atom is -0.463 e. The van der Waals surface area contributed by atoms with Crippen LogP contribution in [0.15, 0.2) is 17.3 Å². The van der Waals surface area contributed by atoms with Gasteiger partial charge >= 0.3 is 0 Å². The van der Waals surface area contributed by atoms with Crippen molar-refractivity contribution < 1.29 is 14.1 Å². The summed E-state index contributed by atoms with van der Waals surface area (Å²) in [6, 6.07) is 0. The van der Waals surface area contributed by atoms with Crippen molar-refractivity contribution in [3.05, 3.63) is 23.2 Å². The zero-order valence-electron chi connectivity index (χ0n) is 16.4. The summed E-state index contributed by atoms with van der Waals surface area (Å²) < 4.78 is 18.0. The molecule has 1 saturated carbocycles. The summed E-state index contributed by atoms with van der Waals surface area (Å²) in [4.78, 5) is 20.6. The van der Waals surface area contributed by atoms with E-state index in [2.05, 4.69) is 25.2 Å². The summed E-state index contributed by atoms with van der Waals surface area (Å²) in [5.41, 5.74) is -0.398. The molecule has 11 heteroatoms. The number of fused-ring (bicyclic) bond motifs is 1. The van der Waals surface area contributed by atoms with E-state index in [9.17, 15) is 9.32 Å². The Balaban J connectivity index is 1.37. The highest BCUT2D eigenvalue weighted by molar-refractivity contribution is 7.85. The van der Waals surface area contributed by atoms with E-state index in [1.54, 1.807) is 12.4 Å². The molecule has 3 aliphatic rings. The van der Waals surface area contributed by atoms with Crippen LogP contribution >= 0.6 is 11.6 Å². The molecule has 2 aromatic heterocycles. The van der Waals surface area contributed by atoms with Crippen molar-refractivity contribution in [3.63, 3.8) is 0 Å². The Labute approximate surface area is 181 Å². The molecule has 1 atom stereocenters. The van der Waals surface area contributed by atoms with Gasteiger partial charge in [-0.2, -0.15) is 9.97 Å². The Morgan fingerprint density at radius 1 is 1.27 bits per heavy atom. The summed E-state index contributed by atoms with van der Waals surface area (Å²) in [5.74, 6) is 2.61. The maximum Gasteiger partial charge on any atom is 0.238 e. The lowest BCUT2D eigenvalue weighted by molar-refractivity contribution is 0.143. The fraction of sp³-hybridized carbons (Fsp3) is 0.579. The highest BCUT2D eigenvalue weighted by Crippen LogP contribution is 2.40. The van der Waals surface area contributed by atoms with Gasteiger partial charge in [-0.05, 0) is 32.1 Å². The van der Waals surface area contributed by atoms with E-state index in [1.807, 2.05) is 0 Å². The lowest BCUT2D eigenvalue weighted by Gasteiger charge is -2.41. The van der Waals surface area contributed by atoms with Crippen molar-refractivity contribution in [2.45, 2.75) is 48.5 Å². The summed E-state index contributed by atoms with van der Waals surface area (Å²) >= 11 is 5.89. The van der Waals surface area contributed by atoms with E-state index in [1.165, 1.54) is 0 Å². The van der Waals surface area contributed by atoms with E-state index in [4.69, 9.17) is 21.3 Å². The van der Waals surface area contributed by atoms with Gasteiger partial charge in [-0.3, -0.25) is 4.21 Å². The quantitative estimate of drug-likeness (QED) is 0.706. The second-order valence-corrected chi connectivity index (χ2v) is 9.82. The number of halogens is 1. The molecule has 0 radical (unpaired) electrons. The van der Waals surface area contributed by atoms with Crippen LogP contribution in [-0.4, -0.2) is 60.4 Å². The van der Waals surface area contributed by atoms with Crippen molar-refractivity contribution in [3.8, 4) is 5.88 Å². The van der Waals surface area contributed by atoms with Gasteiger partial charge in [0.2, 0.25) is 11.8 Å². The monoisotopic (exact) mass is 450 g/mol. The van der Waals surface area contributed by atoms with Crippen LogP contribution in [0, 0.1) is 0 Å². The number of aliphatic hydroxyl groups excluding tert-OH is 1. The summed E-state index contributed by atoms with van der Waals surface area (Å²) in [5, 5.41) is 13.7. The number of nitrogens with one attached hydrogen (secondary N) is 1. The molecular formula is C19H23ClN6O3S. The first-order valence-corrected chi connectivity index (χ1v) is 11.8. The predicted molar refractivity (Wildman–Crippen MR) is 112 cm³/mol. The van der Waals surface area contributed by atoms with Crippen LogP contribution in [0.5, 0.6) is 5.88 Å². The Morgan fingerprint density at radius 2 is 2.00 bits per heavy atom. The maximum absolute atomic E-state index is 12.4. The minimum absolute atomic E-state index is 0.0150. The van der Waals surface area contributed by atoms with Crippen LogP contribution in [0.4, 0.5) is 11.8 Å². The molecule has 0 spiro atoms. The molecule has 1 aliphatic carbocycles. The molecule has 1 unspecified atom stereocenters. The number of hydrogen-bond acceptors (Lipinski definition) is 9. The van der Waals surface area contributed by atoms with Crippen molar-refractivity contribution >= 4 is 34.2 Å². The molecule has 2 aromatic rings. The smallest absolute Gasteiger partial charge is 0.238 e. The molecule has 5 rings (SSSR count). The van der Waals surface area contributed by atoms with Crippen molar-refractivity contribution in [1.82, 2.24) is 19.9 Å². The zero-order valence-corrected chi connectivity index (χ0v) is 18.0. The van der Waals surface area contributed by atoms with Gasteiger partial charge in [0.25, 0.3) is 0 Å². The van der Waals surface area contributed by atoms with E-state index < -0.39 is 16.3 Å². The Morgan fingerprint density at radius 3 is 2.63 bits per heavy atom. The van der Waals surface area contributed by atoms with Crippen LogP contribution in [0.1, 0.15) is 43.8 Å². The van der Waals surface area contributed by atoms with E-state index in [-0.39, 0.29) is 18.5 Å². The molecule has 160 valence electrons. The van der Waals surface area contributed by atoms with Crippen molar-refractivity contribution in [1.29, 1.82) is 0 Å². The van der Waals surface area contributed by atoms with Gasteiger partial charge in [-0.25, -0.2) is 9.97 Å². The Hall–Kier alpha value is -2.04. The fourth-order valence-corrected chi connectivity index (χ4v) is 5.21. The number of aliphatic hydroxyl groups is 1. The molecule has 30 heavy (non-hydrogen) atoms. The van der Waals surface area contributed by atoms with Gasteiger partial charge in [0.1, 0.15) is 21.5 Å². The summed E-state index contributed by atoms with van der Waals surface area (Å²) in [6.07, 6.45) is 7.78. The number of piperidine rings is 1. The third kappa shape index (κ3) is 3.61. The largest absolute Gasteiger partial charge is 0.463 e. The summed E-state index contributed by atoms with van der Waals surface area (Å²) in [7, 11) is -1.31. The number of anilines is 2. The Kier molecular flexibility index (Phi) is 5.24. The van der Waals surface area contributed by atoms with E-state index in [0.29, 0.717) is 27.6 Å². The third-order valence-electron chi connectivity index (χ3n) is 6.13. The first-order chi connectivity index (χ1) is 14.6. The van der Waals surface area contributed by atoms with Gasteiger partial charge in [0.15, 0.2) is 11.8 Å². The normalized spacial score (nSPS) is 22.9. The van der Waals surface area contributed by atoms with Crippen LogP contribution in [0.3, 0.4) is 0 Å². The second-order valence-electron chi connectivity index (χ2n) is 8.05. The van der Waals surface area contributed by atoms with Gasteiger partial charge in [-0.15, -0.1) is 0 Å². The lowest BCUT2D eigenvalue weighted by Crippen LogP contribution is -2.48. The lowest BCUT2D eigenvalue weighted by atomic mass is 9.77. The molecule has 0 bridgehead atoms. The van der Waals surface area contributed by atoms with E-state index in [0.717, 1.165) is 51.0 Å². The van der Waals surface area contributed by atoms with E-state index >= 15 is 0 Å². The maximum atomic E-state index is 12.4. The molecule has 9 nitrogen and oxygen atoms in total. The molecular weight excluding hydrogens is 428 g/mol. The number of hydrogen-bond donors (Lipinski definition) is 2. The fourth-order valence-electron chi connectivity index (χ4n) is 4.16. The number of aromatic nitrogens is 4. The average Bonchev–Trinajstić information content (AvgIpc) is 3.12. The molecule has 0 amide bonds. The average molecular weight is 451 g/mol. The van der Waals surface area contributed by atoms with Gasteiger partial charge in [0, 0.05) is 31.4 Å². The Bertz CT molecular complexity index is 958. The van der Waals surface area contributed by atoms with Gasteiger partial charge in [0.05, 0.1) is 17.2 Å². The van der Waals surface area contributed by atoms with Crippen LogP contribution in [0.25, 0.3) is 0 Å². The van der Waals surface area contributed by atoms with Crippen LogP contribution < -0.4 is 15.0 Å². The second kappa shape index (κ2) is 7.90. The number of nitrogens with zero attached hydrogens (tertiary/aromatic N) is 5. The molecule has 4 heterocycles. The highest BCUT2D eigenvalue weighted by atomic mass is 35.5. The molecule has 1 saturated heterocycles. The first kappa shape index (κ1) is 19.9. The van der Waals surface area contributed by atoms with Crippen molar-refractivity contribution in [2.75, 3.05) is 35.9 Å². The van der Waals surface area contributed by atoms with Crippen molar-refractivity contribution in [2.24, 2.45) is 0 Å². The van der Waals surface area contributed by atoms with Crippen LogP contribution in [0.2, 0.25) is 5.02 Å². The SMILES string of the molecule is O=S1COc2nc(N3CCC(c4ncc(Cl)cn4)CC3)nc(NC3(CO)CCC3)c21. The molecule has 2 N–H and O–H groups in total. The summed E-state index contributed by atoms with van der Waals surface area (Å²) in [6.45, 7) is 1.52. The topological polar surface area (TPSA) is 113 Å². The van der Waals surface area contributed by atoms with Crippen LogP contribution in [-0.2, 0) is 10.8 Å². The predicted octanol–water partition coefficient (Wildman–Crippen LogP) is 2.09. The highest BCUT2D eigenvalue weighted by Gasteiger charge is 2.39. The number of rotatable bonds is 5. The first-order valence-electron chi connectivity index (χ1n) is 10.1. The van der Waals surface area contributed by atoms with Gasteiger partial charge < -0.3 is 20.1 Å².